The molecular weight excluding hydrogens is 617 g/mol. The van der Waals surface area contributed by atoms with Gasteiger partial charge in [-0.2, -0.15) is 0 Å². The van der Waals surface area contributed by atoms with Gasteiger partial charge in [0.2, 0.25) is 0 Å². The van der Waals surface area contributed by atoms with Crippen LogP contribution < -0.4 is 5.32 Å². The highest BCUT2D eigenvalue weighted by atomic mass is 32.2. The molecular formula is C32H42N4O7S2. The molecule has 0 aromatic heterocycles. The van der Waals surface area contributed by atoms with Crippen molar-refractivity contribution < 1.29 is 32.3 Å². The number of fused-ring (bicyclic) bond motifs is 1. The van der Waals surface area contributed by atoms with Gasteiger partial charge in [0.05, 0.1) is 11.4 Å². The largest absolute Gasteiger partial charge is 0.433 e. The van der Waals surface area contributed by atoms with Crippen LogP contribution in [0.2, 0.25) is 0 Å². The number of hydrogen-bond acceptors (Lipinski definition) is 9. The molecule has 45 heavy (non-hydrogen) atoms. The van der Waals surface area contributed by atoms with Gasteiger partial charge in [-0.05, 0) is 56.4 Å². The summed E-state index contributed by atoms with van der Waals surface area (Å²) in [5, 5.41) is 2.89. The zero-order chi connectivity index (χ0) is 33.4. The van der Waals surface area contributed by atoms with Crippen molar-refractivity contribution in [3.05, 3.63) is 48.5 Å². The quantitative estimate of drug-likeness (QED) is 0.236. The van der Waals surface area contributed by atoms with E-state index in [9.17, 15) is 22.8 Å². The van der Waals surface area contributed by atoms with Crippen molar-refractivity contribution in [3.63, 3.8) is 0 Å². The summed E-state index contributed by atoms with van der Waals surface area (Å²) in [7, 11) is -2.74. The highest BCUT2D eigenvalue weighted by Crippen LogP contribution is 2.43. The summed E-state index contributed by atoms with van der Waals surface area (Å²) in [6.07, 6.45) is 0.0655. The first-order valence-electron chi connectivity index (χ1n) is 14.7. The molecule has 4 rings (SSSR count). The molecule has 2 aromatic rings. The summed E-state index contributed by atoms with van der Waals surface area (Å²) < 4.78 is 39.2. The molecule has 0 bridgehead atoms. The number of sulfonamides is 1. The Morgan fingerprint density at radius 3 is 2.33 bits per heavy atom. The van der Waals surface area contributed by atoms with E-state index in [2.05, 4.69) is 44.9 Å². The van der Waals surface area contributed by atoms with E-state index in [-0.39, 0.29) is 46.2 Å². The molecule has 2 aliphatic heterocycles. The van der Waals surface area contributed by atoms with Crippen LogP contribution in [0, 0.1) is 5.41 Å². The van der Waals surface area contributed by atoms with E-state index in [1.165, 1.54) is 33.1 Å². The second-order valence-corrected chi connectivity index (χ2v) is 17.0. The third-order valence-electron chi connectivity index (χ3n) is 7.14. The first-order chi connectivity index (χ1) is 20.9. The predicted octanol–water partition coefficient (Wildman–Crippen LogP) is 5.83. The first-order valence-corrected chi connectivity index (χ1v) is 17.0. The van der Waals surface area contributed by atoms with Crippen LogP contribution in [0.1, 0.15) is 61.3 Å². The maximum absolute atomic E-state index is 14.4. The third-order valence-corrected chi connectivity index (χ3v) is 10.3. The zero-order valence-electron chi connectivity index (χ0n) is 27.0. The summed E-state index contributed by atoms with van der Waals surface area (Å²) in [6.45, 7) is 13.7. The van der Waals surface area contributed by atoms with Crippen LogP contribution >= 0.6 is 11.8 Å². The fourth-order valence-electron chi connectivity index (χ4n) is 5.70. The molecule has 0 saturated carbocycles. The molecule has 0 spiro atoms. The van der Waals surface area contributed by atoms with Gasteiger partial charge in [0, 0.05) is 29.9 Å². The van der Waals surface area contributed by atoms with Crippen molar-refractivity contribution in [2.24, 2.45) is 10.4 Å². The Morgan fingerprint density at radius 2 is 1.71 bits per heavy atom. The highest BCUT2D eigenvalue weighted by Gasteiger charge is 2.55. The Balaban J connectivity index is 1.83. The molecule has 0 radical (unpaired) electrons. The summed E-state index contributed by atoms with van der Waals surface area (Å²) in [5.41, 5.74) is -0.986. The lowest BCUT2D eigenvalue weighted by Gasteiger charge is -2.35. The van der Waals surface area contributed by atoms with E-state index in [4.69, 9.17) is 9.47 Å². The fraction of sp³-hybridized carbons (Fsp3) is 0.500. The number of aliphatic imine (C=N–C) groups is 1. The molecule has 2 heterocycles. The van der Waals surface area contributed by atoms with E-state index >= 15 is 0 Å². The molecule has 1 atom stereocenters. The molecule has 1 N–H and O–H groups in total. The Kier molecular flexibility index (Phi) is 9.77. The number of methoxy groups -OCH3 is 1. The van der Waals surface area contributed by atoms with Gasteiger partial charge < -0.3 is 14.8 Å². The van der Waals surface area contributed by atoms with Crippen LogP contribution in [0.3, 0.4) is 0 Å². The number of para-hydroxylation sites is 2. The van der Waals surface area contributed by atoms with Crippen molar-refractivity contribution >= 4 is 56.9 Å². The Bertz CT molecular complexity index is 1610. The van der Waals surface area contributed by atoms with Gasteiger partial charge >= 0.3 is 6.09 Å². The second kappa shape index (κ2) is 12.8. The van der Waals surface area contributed by atoms with E-state index < -0.39 is 39.6 Å². The van der Waals surface area contributed by atoms with E-state index in [0.717, 1.165) is 15.6 Å². The number of cyclic esters (lactones) is 1. The van der Waals surface area contributed by atoms with Crippen molar-refractivity contribution in [2.75, 3.05) is 25.6 Å². The normalized spacial score (nSPS) is 18.3. The molecule has 244 valence electrons. The molecule has 0 aliphatic carbocycles. The van der Waals surface area contributed by atoms with E-state index in [1.54, 1.807) is 36.0 Å². The van der Waals surface area contributed by atoms with Gasteiger partial charge in [-0.1, -0.05) is 58.9 Å². The minimum Gasteiger partial charge on any atom is -0.433 e. The predicted molar refractivity (Wildman–Crippen MR) is 174 cm³/mol. The van der Waals surface area contributed by atoms with Crippen LogP contribution in [0.4, 0.5) is 16.2 Å². The summed E-state index contributed by atoms with van der Waals surface area (Å²) >= 11 is 1.59. The molecule has 13 heteroatoms. The van der Waals surface area contributed by atoms with Crippen LogP contribution in [-0.4, -0.2) is 78.0 Å². The van der Waals surface area contributed by atoms with Crippen LogP contribution in [0.5, 0.6) is 0 Å². The molecule has 2 aliphatic rings. The molecule has 3 amide bonds. The van der Waals surface area contributed by atoms with Gasteiger partial charge in [-0.25, -0.2) is 23.1 Å². The van der Waals surface area contributed by atoms with Crippen molar-refractivity contribution in [2.45, 2.75) is 87.5 Å². The minimum absolute atomic E-state index is 0.0518. The van der Waals surface area contributed by atoms with Crippen molar-refractivity contribution in [1.82, 2.24) is 9.21 Å². The lowest BCUT2D eigenvalue weighted by molar-refractivity contribution is -0.137. The highest BCUT2D eigenvalue weighted by molar-refractivity contribution is 8.00. The van der Waals surface area contributed by atoms with Gasteiger partial charge in [0.15, 0.2) is 17.5 Å². The molecule has 2 aromatic carbocycles. The first kappa shape index (κ1) is 34.5. The number of nitrogens with one attached hydrogen (secondary N) is 1. The Morgan fingerprint density at radius 1 is 1.07 bits per heavy atom. The van der Waals surface area contributed by atoms with Crippen molar-refractivity contribution in [3.8, 4) is 0 Å². The number of thioether (sulfide) groups is 1. The second-order valence-electron chi connectivity index (χ2n) is 13.4. The molecule has 1 fully saturated rings. The lowest BCUT2D eigenvalue weighted by atomic mass is 9.86. The van der Waals surface area contributed by atoms with Gasteiger partial charge in [0.25, 0.3) is 21.8 Å². The smallest absolute Gasteiger partial charge is 0.418 e. The van der Waals surface area contributed by atoms with E-state index in [0.29, 0.717) is 10.6 Å². The van der Waals surface area contributed by atoms with Gasteiger partial charge in [-0.15, -0.1) is 11.8 Å². The zero-order valence-corrected chi connectivity index (χ0v) is 28.7. The topological polar surface area (TPSA) is 135 Å². The Hall–Kier alpha value is -3.42. The minimum atomic E-state index is -4.23. The monoisotopic (exact) mass is 658 g/mol. The number of anilines is 1. The average Bonchev–Trinajstić information content (AvgIpc) is 3.11. The lowest BCUT2D eigenvalue weighted by Crippen LogP contribution is -2.59. The number of benzene rings is 2. The van der Waals surface area contributed by atoms with Crippen molar-refractivity contribution in [1.29, 1.82) is 0 Å². The number of amides is 3. The number of hydrogen-bond donors (Lipinski definition) is 1. The summed E-state index contributed by atoms with van der Waals surface area (Å²) in [6, 6.07) is 11.6. The molecule has 1 saturated heterocycles. The number of nitrogens with zero attached hydrogens (tertiary/aromatic N) is 3. The molecule has 11 nitrogen and oxygen atoms in total. The van der Waals surface area contributed by atoms with Crippen LogP contribution in [-0.2, 0) is 29.1 Å². The van der Waals surface area contributed by atoms with Gasteiger partial charge in [-0.3, -0.25) is 13.9 Å². The maximum atomic E-state index is 14.4. The SMILES string of the molecule is COCCCN1C(C(C(=O)Nc2ccccc2SC(C)(C)CC(C)(C)C)N2C(=O)OC(C)(C)C2=O)=Nc2ccccc2S1(=O)=O. The number of ether oxygens (including phenoxy) is 2. The Labute approximate surface area is 269 Å². The number of carbonyl (C=O) groups is 3. The number of imide groups is 1. The average molecular weight is 659 g/mol. The maximum Gasteiger partial charge on any atom is 0.418 e. The third kappa shape index (κ3) is 7.53. The fourth-order valence-corrected chi connectivity index (χ4v) is 8.80. The number of carbonyl (C=O) groups excluding carboxylic acids is 3. The van der Waals surface area contributed by atoms with Crippen LogP contribution in [0.25, 0.3) is 0 Å². The number of amidine groups is 1. The van der Waals surface area contributed by atoms with Crippen LogP contribution in [0.15, 0.2) is 63.3 Å². The molecule has 1 unspecified atom stereocenters. The van der Waals surface area contributed by atoms with E-state index in [1.807, 2.05) is 12.1 Å². The number of rotatable bonds is 11. The summed E-state index contributed by atoms with van der Waals surface area (Å²) in [4.78, 5) is 47.2. The van der Waals surface area contributed by atoms with Gasteiger partial charge in [0.1, 0.15) is 4.90 Å². The summed E-state index contributed by atoms with van der Waals surface area (Å²) in [5.74, 6) is -1.90. The standard InChI is InChI=1S/C32H42N4O7S2/c1-30(2,3)20-31(4,5)44-23-16-11-9-14-21(23)34-27(37)25(36-28(38)32(6,7)43-29(36)39)26-33-22-15-10-12-17-24(22)45(40,41)35(26)18-13-19-42-8/h9-12,14-17,25H,13,18-20H2,1-8H3,(H,34,37).